The van der Waals surface area contributed by atoms with Gasteiger partial charge in [-0.3, -0.25) is 0 Å². The molecule has 0 saturated carbocycles. The lowest BCUT2D eigenvalue weighted by Crippen LogP contribution is -2.58. The van der Waals surface area contributed by atoms with Crippen LogP contribution in [0.15, 0.2) is 12.2 Å². The van der Waals surface area contributed by atoms with E-state index in [4.69, 9.17) is 10.5 Å². The summed E-state index contributed by atoms with van der Waals surface area (Å²) in [4.78, 5) is 2.48. The average molecular weight is 255 g/mol. The van der Waals surface area contributed by atoms with Crippen LogP contribution >= 0.6 is 0 Å². The van der Waals surface area contributed by atoms with Crippen molar-refractivity contribution in [2.24, 2.45) is 5.73 Å². The molecule has 1 rings (SSSR count). The van der Waals surface area contributed by atoms with E-state index in [1.165, 1.54) is 0 Å². The molecular formula is C14H29N3O. The van der Waals surface area contributed by atoms with Gasteiger partial charge in [0, 0.05) is 18.6 Å². The van der Waals surface area contributed by atoms with Crippen molar-refractivity contribution in [1.82, 2.24) is 10.2 Å². The second kappa shape index (κ2) is 7.89. The van der Waals surface area contributed by atoms with Crippen molar-refractivity contribution in [2.45, 2.75) is 32.2 Å². The maximum atomic E-state index is 5.95. The molecule has 0 aliphatic carbocycles. The van der Waals surface area contributed by atoms with Gasteiger partial charge in [-0.05, 0) is 39.4 Å². The van der Waals surface area contributed by atoms with Crippen molar-refractivity contribution in [2.75, 3.05) is 45.9 Å². The summed E-state index contributed by atoms with van der Waals surface area (Å²) in [5.41, 5.74) is 7.14. The molecule has 106 valence electrons. The second-order valence-electron chi connectivity index (χ2n) is 5.36. The summed E-state index contributed by atoms with van der Waals surface area (Å²) in [7, 11) is 0. The first-order valence-corrected chi connectivity index (χ1v) is 7.01. The lowest BCUT2D eigenvalue weighted by atomic mass is 9.87. The van der Waals surface area contributed by atoms with Crippen LogP contribution in [0.25, 0.3) is 0 Å². The Morgan fingerprint density at radius 1 is 1.44 bits per heavy atom. The monoisotopic (exact) mass is 255 g/mol. The SMILES string of the molecule is C=C(C)COCCNC1(CN)CCN(CC)CC1. The Bertz CT molecular complexity index is 247. The molecule has 0 unspecified atom stereocenters. The zero-order chi connectivity index (χ0) is 13.4. The van der Waals surface area contributed by atoms with Gasteiger partial charge in [0.2, 0.25) is 0 Å². The van der Waals surface area contributed by atoms with E-state index in [0.29, 0.717) is 13.2 Å². The quantitative estimate of drug-likeness (QED) is 0.501. The molecule has 0 atom stereocenters. The fourth-order valence-corrected chi connectivity index (χ4v) is 2.39. The molecule has 3 N–H and O–H groups in total. The van der Waals surface area contributed by atoms with Crippen molar-refractivity contribution in [3.8, 4) is 0 Å². The van der Waals surface area contributed by atoms with Gasteiger partial charge in [-0.15, -0.1) is 0 Å². The van der Waals surface area contributed by atoms with Gasteiger partial charge in [0.1, 0.15) is 0 Å². The minimum absolute atomic E-state index is 0.123. The van der Waals surface area contributed by atoms with Gasteiger partial charge in [0.25, 0.3) is 0 Å². The molecule has 0 aromatic carbocycles. The topological polar surface area (TPSA) is 50.5 Å². The third kappa shape index (κ3) is 5.06. The minimum Gasteiger partial charge on any atom is -0.376 e. The fraction of sp³-hybridized carbons (Fsp3) is 0.857. The van der Waals surface area contributed by atoms with Crippen molar-refractivity contribution >= 4 is 0 Å². The largest absolute Gasteiger partial charge is 0.376 e. The Morgan fingerprint density at radius 3 is 2.61 bits per heavy atom. The first-order chi connectivity index (χ1) is 8.62. The van der Waals surface area contributed by atoms with Crippen LogP contribution in [0.5, 0.6) is 0 Å². The van der Waals surface area contributed by atoms with Crippen LogP contribution < -0.4 is 11.1 Å². The van der Waals surface area contributed by atoms with Crippen molar-refractivity contribution in [3.63, 3.8) is 0 Å². The van der Waals surface area contributed by atoms with Gasteiger partial charge in [0.05, 0.1) is 13.2 Å². The molecule has 4 heteroatoms. The number of ether oxygens (including phenoxy) is 1. The molecule has 1 aliphatic heterocycles. The highest BCUT2D eigenvalue weighted by Gasteiger charge is 2.31. The number of nitrogens with one attached hydrogen (secondary N) is 1. The normalized spacial score (nSPS) is 19.9. The third-order valence-corrected chi connectivity index (χ3v) is 3.75. The lowest BCUT2D eigenvalue weighted by molar-refractivity contribution is 0.117. The molecule has 0 aromatic heterocycles. The van der Waals surface area contributed by atoms with Crippen LogP contribution in [0.4, 0.5) is 0 Å². The van der Waals surface area contributed by atoms with Crippen LogP contribution in [0.2, 0.25) is 0 Å². The Kier molecular flexibility index (Phi) is 6.86. The maximum Gasteiger partial charge on any atom is 0.0672 e. The fourth-order valence-electron chi connectivity index (χ4n) is 2.39. The lowest BCUT2D eigenvalue weighted by Gasteiger charge is -2.41. The summed E-state index contributed by atoms with van der Waals surface area (Å²) < 4.78 is 5.50. The summed E-state index contributed by atoms with van der Waals surface area (Å²) in [5, 5.41) is 3.60. The van der Waals surface area contributed by atoms with Crippen LogP contribution in [-0.4, -0.2) is 56.4 Å². The van der Waals surface area contributed by atoms with E-state index in [1.54, 1.807) is 0 Å². The highest BCUT2D eigenvalue weighted by Crippen LogP contribution is 2.20. The molecule has 0 spiro atoms. The molecule has 4 nitrogen and oxygen atoms in total. The van der Waals surface area contributed by atoms with E-state index in [-0.39, 0.29) is 5.54 Å². The van der Waals surface area contributed by atoms with Crippen molar-refractivity contribution in [3.05, 3.63) is 12.2 Å². The Morgan fingerprint density at radius 2 is 2.11 bits per heavy atom. The van der Waals surface area contributed by atoms with Gasteiger partial charge >= 0.3 is 0 Å². The number of hydrogen-bond acceptors (Lipinski definition) is 4. The van der Waals surface area contributed by atoms with Gasteiger partial charge < -0.3 is 20.7 Å². The molecule has 1 aliphatic rings. The van der Waals surface area contributed by atoms with E-state index < -0.39 is 0 Å². The zero-order valence-electron chi connectivity index (χ0n) is 12.0. The molecule has 1 saturated heterocycles. The number of hydrogen-bond donors (Lipinski definition) is 2. The average Bonchev–Trinajstić information content (AvgIpc) is 2.38. The molecule has 0 aromatic rings. The number of nitrogens with zero attached hydrogens (tertiary/aromatic N) is 1. The molecule has 0 bridgehead atoms. The predicted octanol–water partition coefficient (Wildman–Crippen LogP) is 0.982. The predicted molar refractivity (Wildman–Crippen MR) is 76.8 cm³/mol. The smallest absolute Gasteiger partial charge is 0.0672 e. The first-order valence-electron chi connectivity index (χ1n) is 7.01. The van der Waals surface area contributed by atoms with Gasteiger partial charge in [-0.2, -0.15) is 0 Å². The highest BCUT2D eigenvalue weighted by atomic mass is 16.5. The van der Waals surface area contributed by atoms with Crippen molar-refractivity contribution < 1.29 is 4.74 Å². The highest BCUT2D eigenvalue weighted by molar-refractivity contribution is 4.94. The third-order valence-electron chi connectivity index (χ3n) is 3.75. The molecule has 18 heavy (non-hydrogen) atoms. The van der Waals surface area contributed by atoms with Crippen LogP contribution in [0.1, 0.15) is 26.7 Å². The Balaban J connectivity index is 2.23. The molecular weight excluding hydrogens is 226 g/mol. The minimum atomic E-state index is 0.123. The number of likely N-dealkylation sites (tertiary alicyclic amines) is 1. The van der Waals surface area contributed by atoms with Crippen LogP contribution in [0, 0.1) is 0 Å². The van der Waals surface area contributed by atoms with E-state index in [1.807, 2.05) is 6.92 Å². The van der Waals surface area contributed by atoms with Crippen LogP contribution in [0.3, 0.4) is 0 Å². The van der Waals surface area contributed by atoms with E-state index in [0.717, 1.165) is 51.2 Å². The van der Waals surface area contributed by atoms with E-state index in [9.17, 15) is 0 Å². The Hall–Kier alpha value is -0.420. The van der Waals surface area contributed by atoms with Crippen molar-refractivity contribution in [1.29, 1.82) is 0 Å². The molecule has 0 radical (unpaired) electrons. The summed E-state index contributed by atoms with van der Waals surface area (Å²) in [5.74, 6) is 0. The second-order valence-corrected chi connectivity index (χ2v) is 5.36. The molecule has 1 fully saturated rings. The molecule has 0 amide bonds. The van der Waals surface area contributed by atoms with Gasteiger partial charge in [-0.25, -0.2) is 0 Å². The number of rotatable bonds is 8. The van der Waals surface area contributed by atoms with Crippen LogP contribution in [-0.2, 0) is 4.74 Å². The van der Waals surface area contributed by atoms with Gasteiger partial charge in [-0.1, -0.05) is 19.1 Å². The summed E-state index contributed by atoms with van der Waals surface area (Å²) in [6.07, 6.45) is 2.27. The first kappa shape index (κ1) is 15.6. The van der Waals surface area contributed by atoms with Gasteiger partial charge in [0.15, 0.2) is 0 Å². The zero-order valence-corrected chi connectivity index (χ0v) is 12.0. The Labute approximate surface area is 112 Å². The number of nitrogens with two attached hydrogens (primary N) is 1. The standard InChI is InChI=1S/C14H29N3O/c1-4-17-8-5-14(12-15,6-9-17)16-7-10-18-11-13(2)3/h16H,2,4-12,15H2,1,3H3. The number of piperidine rings is 1. The van der Waals surface area contributed by atoms with E-state index >= 15 is 0 Å². The molecule has 1 heterocycles. The maximum absolute atomic E-state index is 5.95. The van der Waals surface area contributed by atoms with E-state index in [2.05, 4.69) is 23.7 Å². The summed E-state index contributed by atoms with van der Waals surface area (Å²) >= 11 is 0. The summed E-state index contributed by atoms with van der Waals surface area (Å²) in [6, 6.07) is 0. The summed E-state index contributed by atoms with van der Waals surface area (Å²) in [6.45, 7) is 14.4.